The number of halogens is 3. The van der Waals surface area contributed by atoms with E-state index >= 15 is 0 Å². The van der Waals surface area contributed by atoms with Crippen molar-refractivity contribution in [2.45, 2.75) is 31.3 Å². The molecule has 2 aromatic rings. The molecule has 2 aliphatic rings. The molecule has 2 heterocycles. The maximum absolute atomic E-state index is 12.6. The van der Waals surface area contributed by atoms with Gasteiger partial charge in [0.05, 0.1) is 24.8 Å². The molecule has 2 aromatic carbocycles. The Hall–Kier alpha value is -2.74. The highest BCUT2D eigenvalue weighted by molar-refractivity contribution is 5.89. The Morgan fingerprint density at radius 1 is 1.17 bits per heavy atom. The minimum atomic E-state index is -4.74. The summed E-state index contributed by atoms with van der Waals surface area (Å²) in [6.45, 7) is 0.555. The molecule has 0 aliphatic carbocycles. The van der Waals surface area contributed by atoms with E-state index in [0.717, 1.165) is 18.4 Å². The molecule has 1 saturated heterocycles. The molecule has 0 bridgehead atoms. The molecule has 3 atom stereocenters. The van der Waals surface area contributed by atoms with Crippen LogP contribution in [0.15, 0.2) is 42.5 Å². The number of alkyl halides is 3. The number of rotatable bonds is 3. The van der Waals surface area contributed by atoms with E-state index in [4.69, 9.17) is 9.47 Å². The maximum atomic E-state index is 12.6. The summed E-state index contributed by atoms with van der Waals surface area (Å²) in [5.74, 6) is -0.622. The summed E-state index contributed by atoms with van der Waals surface area (Å²) in [5, 5.41) is 3.43. The minimum absolute atomic E-state index is 0.0429. The molecule has 0 radical (unpaired) electrons. The van der Waals surface area contributed by atoms with Gasteiger partial charge in [0, 0.05) is 23.8 Å². The monoisotopic (exact) mass is 407 g/mol. The fourth-order valence-corrected chi connectivity index (χ4v) is 4.12. The highest BCUT2D eigenvalue weighted by Gasteiger charge is 2.40. The van der Waals surface area contributed by atoms with Gasteiger partial charge in [0.2, 0.25) is 0 Å². The first-order valence-electron chi connectivity index (χ1n) is 9.32. The van der Waals surface area contributed by atoms with E-state index in [2.05, 4.69) is 10.1 Å². The topological polar surface area (TPSA) is 56.8 Å². The van der Waals surface area contributed by atoms with Gasteiger partial charge in [-0.3, -0.25) is 0 Å². The molecule has 5 nitrogen and oxygen atoms in total. The van der Waals surface area contributed by atoms with Crippen LogP contribution >= 0.6 is 0 Å². The smallest absolute Gasteiger partial charge is 0.465 e. The summed E-state index contributed by atoms with van der Waals surface area (Å²) in [5.41, 5.74) is 2.81. The highest BCUT2D eigenvalue weighted by Crippen LogP contribution is 2.50. The Kier molecular flexibility index (Phi) is 5.12. The summed E-state index contributed by atoms with van der Waals surface area (Å²) in [7, 11) is 1.33. The quantitative estimate of drug-likeness (QED) is 0.726. The van der Waals surface area contributed by atoms with Gasteiger partial charge in [0.1, 0.15) is 5.75 Å². The third kappa shape index (κ3) is 4.03. The van der Waals surface area contributed by atoms with Crippen molar-refractivity contribution in [2.24, 2.45) is 5.92 Å². The number of carbonyl (C=O) groups excluding carboxylic acids is 1. The minimum Gasteiger partial charge on any atom is -0.465 e. The van der Waals surface area contributed by atoms with Crippen molar-refractivity contribution in [3.8, 4) is 5.75 Å². The zero-order valence-corrected chi connectivity index (χ0v) is 15.7. The van der Waals surface area contributed by atoms with E-state index in [9.17, 15) is 18.0 Å². The van der Waals surface area contributed by atoms with Gasteiger partial charge >= 0.3 is 12.3 Å². The lowest BCUT2D eigenvalue weighted by molar-refractivity contribution is -0.274. The molecular weight excluding hydrogens is 387 g/mol. The third-order valence-electron chi connectivity index (χ3n) is 5.36. The number of nitrogens with one attached hydrogen (secondary N) is 1. The molecule has 8 heteroatoms. The molecule has 2 aliphatic heterocycles. The number of methoxy groups -OCH3 is 1. The van der Waals surface area contributed by atoms with Crippen LogP contribution < -0.4 is 10.1 Å². The first-order valence-corrected chi connectivity index (χ1v) is 9.32. The Balaban J connectivity index is 1.66. The summed E-state index contributed by atoms with van der Waals surface area (Å²) in [4.78, 5) is 11.7. The standard InChI is InChI=1S/C21H20F3NO4/c1-27-20(26)13-6-4-12(5-7-13)18-15-3-2-10-28-19(15)16-11-14(29-21(22,23)24)8-9-17(16)25-18/h4-9,11,15,18-19,25H,2-3,10H2,1H3/t15-,18-,19-/m1/s1. The van der Waals surface area contributed by atoms with E-state index in [1.54, 1.807) is 18.2 Å². The Morgan fingerprint density at radius 3 is 2.62 bits per heavy atom. The first-order chi connectivity index (χ1) is 13.9. The summed E-state index contributed by atoms with van der Waals surface area (Å²) < 4.78 is 52.6. The zero-order chi connectivity index (χ0) is 20.6. The van der Waals surface area contributed by atoms with Gasteiger partial charge in [0.25, 0.3) is 0 Å². The normalized spacial score (nSPS) is 23.4. The van der Waals surface area contributed by atoms with Gasteiger partial charge in [-0.2, -0.15) is 0 Å². The number of carbonyl (C=O) groups is 1. The van der Waals surface area contributed by atoms with Crippen LogP contribution in [0.4, 0.5) is 18.9 Å². The lowest BCUT2D eigenvalue weighted by Gasteiger charge is -2.43. The van der Waals surface area contributed by atoms with Crippen LogP contribution in [-0.4, -0.2) is 26.0 Å². The van der Waals surface area contributed by atoms with E-state index in [0.29, 0.717) is 23.4 Å². The van der Waals surface area contributed by atoms with Crippen LogP contribution in [0.2, 0.25) is 0 Å². The summed E-state index contributed by atoms with van der Waals surface area (Å²) in [6.07, 6.45) is -3.34. The number of anilines is 1. The predicted octanol–water partition coefficient (Wildman–Crippen LogP) is 5.01. The van der Waals surface area contributed by atoms with Gasteiger partial charge in [-0.25, -0.2) is 4.79 Å². The van der Waals surface area contributed by atoms with E-state index in [-0.39, 0.29) is 23.8 Å². The average molecular weight is 407 g/mol. The second-order valence-corrected chi connectivity index (χ2v) is 7.13. The Labute approximate surface area is 165 Å². The fourth-order valence-electron chi connectivity index (χ4n) is 4.12. The van der Waals surface area contributed by atoms with Crippen LogP contribution in [-0.2, 0) is 9.47 Å². The number of hydrogen-bond donors (Lipinski definition) is 1. The lowest BCUT2D eigenvalue weighted by Crippen LogP contribution is -2.36. The van der Waals surface area contributed by atoms with Crippen LogP contribution in [0, 0.1) is 5.92 Å². The van der Waals surface area contributed by atoms with Crippen molar-refractivity contribution >= 4 is 11.7 Å². The highest BCUT2D eigenvalue weighted by atomic mass is 19.4. The van der Waals surface area contributed by atoms with E-state index in [1.165, 1.54) is 19.2 Å². The SMILES string of the molecule is COC(=O)c1ccc([C@H]2Nc3ccc(OC(F)(F)F)cc3[C@@H]3OCCC[C@H]23)cc1. The molecule has 1 fully saturated rings. The largest absolute Gasteiger partial charge is 0.573 e. The molecule has 0 amide bonds. The van der Waals surface area contributed by atoms with Gasteiger partial charge in [-0.15, -0.1) is 13.2 Å². The second kappa shape index (κ2) is 7.59. The van der Waals surface area contributed by atoms with Gasteiger partial charge < -0.3 is 19.5 Å². The van der Waals surface area contributed by atoms with Gasteiger partial charge in [0.15, 0.2) is 0 Å². The summed E-state index contributed by atoms with van der Waals surface area (Å²) >= 11 is 0. The molecule has 0 saturated carbocycles. The molecule has 0 aromatic heterocycles. The molecule has 29 heavy (non-hydrogen) atoms. The van der Waals surface area contributed by atoms with Crippen molar-refractivity contribution in [3.05, 3.63) is 59.2 Å². The summed E-state index contributed by atoms with van der Waals surface area (Å²) in [6, 6.07) is 11.3. The first kappa shape index (κ1) is 19.6. The fraction of sp³-hybridized carbons (Fsp3) is 0.381. The average Bonchev–Trinajstić information content (AvgIpc) is 2.72. The molecule has 4 rings (SSSR count). The van der Waals surface area contributed by atoms with E-state index in [1.807, 2.05) is 12.1 Å². The van der Waals surface area contributed by atoms with Crippen molar-refractivity contribution in [2.75, 3.05) is 19.0 Å². The second-order valence-electron chi connectivity index (χ2n) is 7.13. The van der Waals surface area contributed by atoms with Gasteiger partial charge in [-0.05, 0) is 48.7 Å². The van der Waals surface area contributed by atoms with Gasteiger partial charge in [-0.1, -0.05) is 12.1 Å². The molecule has 1 N–H and O–H groups in total. The molecule has 0 unspecified atom stereocenters. The van der Waals surface area contributed by atoms with Crippen molar-refractivity contribution in [1.29, 1.82) is 0 Å². The molecule has 0 spiro atoms. The van der Waals surface area contributed by atoms with Crippen molar-refractivity contribution in [1.82, 2.24) is 0 Å². The maximum Gasteiger partial charge on any atom is 0.573 e. The third-order valence-corrected chi connectivity index (χ3v) is 5.36. The Morgan fingerprint density at radius 2 is 1.93 bits per heavy atom. The lowest BCUT2D eigenvalue weighted by atomic mass is 9.77. The molecule has 154 valence electrons. The van der Waals surface area contributed by atoms with Crippen LogP contribution in [0.1, 0.15) is 46.5 Å². The van der Waals surface area contributed by atoms with Crippen LogP contribution in [0.25, 0.3) is 0 Å². The molecular formula is C21H20F3NO4. The van der Waals surface area contributed by atoms with Crippen molar-refractivity contribution in [3.63, 3.8) is 0 Å². The Bertz CT molecular complexity index is 898. The van der Waals surface area contributed by atoms with Crippen LogP contribution in [0.3, 0.4) is 0 Å². The number of ether oxygens (including phenoxy) is 3. The van der Waals surface area contributed by atoms with Crippen LogP contribution in [0.5, 0.6) is 5.75 Å². The number of fused-ring (bicyclic) bond motifs is 3. The van der Waals surface area contributed by atoms with Crippen molar-refractivity contribution < 1.29 is 32.2 Å². The predicted molar refractivity (Wildman–Crippen MR) is 98.7 cm³/mol. The number of benzene rings is 2. The number of hydrogen-bond acceptors (Lipinski definition) is 5. The number of esters is 1. The van der Waals surface area contributed by atoms with E-state index < -0.39 is 12.3 Å². The zero-order valence-electron chi connectivity index (χ0n) is 15.7.